The standard InChI is InChI=1S/C22H15BrN6/c23-16-3-1-2-15(10-16)17-11-18(29-22-19(17)20(24)27-12-28-22)13-4-6-14(7-5-13)21-25-8-9-26-21/h1-12H,(H,25,26)(H2,24,27,28,29). The molecule has 29 heavy (non-hydrogen) atoms. The molecule has 3 aromatic heterocycles. The van der Waals surface area contributed by atoms with Gasteiger partial charge >= 0.3 is 0 Å². The number of benzene rings is 2. The van der Waals surface area contributed by atoms with Gasteiger partial charge in [-0.15, -0.1) is 0 Å². The van der Waals surface area contributed by atoms with Crippen LogP contribution in [0.3, 0.4) is 0 Å². The minimum absolute atomic E-state index is 0.414. The molecule has 0 saturated heterocycles. The molecule has 3 N–H and O–H groups in total. The fourth-order valence-corrected chi connectivity index (χ4v) is 3.74. The Morgan fingerprint density at radius 3 is 2.45 bits per heavy atom. The summed E-state index contributed by atoms with van der Waals surface area (Å²) >= 11 is 3.55. The Hall–Kier alpha value is -3.58. The molecule has 5 aromatic rings. The lowest BCUT2D eigenvalue weighted by Gasteiger charge is -2.11. The fraction of sp³-hybridized carbons (Fsp3) is 0. The molecular formula is C22H15BrN6. The number of nitrogens with one attached hydrogen (secondary N) is 1. The predicted octanol–water partition coefficient (Wildman–Crippen LogP) is 5.09. The maximum absolute atomic E-state index is 6.18. The van der Waals surface area contributed by atoms with Crippen molar-refractivity contribution in [3.05, 3.63) is 77.8 Å². The average molecular weight is 443 g/mol. The van der Waals surface area contributed by atoms with Crippen molar-refractivity contribution in [2.75, 3.05) is 5.73 Å². The third-order valence-electron chi connectivity index (χ3n) is 4.72. The SMILES string of the molecule is Nc1ncnc2nc(-c3ccc(-c4ncc[nH]4)cc3)cc(-c3cccc(Br)c3)c12. The molecule has 3 heterocycles. The van der Waals surface area contributed by atoms with Crippen molar-refractivity contribution in [1.82, 2.24) is 24.9 Å². The zero-order valence-electron chi connectivity index (χ0n) is 15.2. The number of rotatable bonds is 3. The molecule has 0 saturated carbocycles. The zero-order chi connectivity index (χ0) is 19.8. The highest BCUT2D eigenvalue weighted by molar-refractivity contribution is 9.10. The van der Waals surface area contributed by atoms with Gasteiger partial charge < -0.3 is 10.7 Å². The molecule has 0 fully saturated rings. The number of aromatic nitrogens is 5. The average Bonchev–Trinajstić information content (AvgIpc) is 3.28. The second-order valence-corrected chi connectivity index (χ2v) is 7.45. The fourth-order valence-electron chi connectivity index (χ4n) is 3.34. The number of hydrogen-bond acceptors (Lipinski definition) is 5. The predicted molar refractivity (Wildman–Crippen MR) is 118 cm³/mol. The van der Waals surface area contributed by atoms with Crippen molar-refractivity contribution in [1.29, 1.82) is 0 Å². The molecule has 6 nitrogen and oxygen atoms in total. The lowest BCUT2D eigenvalue weighted by Crippen LogP contribution is -1.98. The molecule has 0 aliphatic heterocycles. The number of nitrogens with two attached hydrogens (primary N) is 1. The van der Waals surface area contributed by atoms with Crippen molar-refractivity contribution >= 4 is 32.8 Å². The molecule has 0 aliphatic rings. The molecule has 0 bridgehead atoms. The van der Waals surface area contributed by atoms with E-state index >= 15 is 0 Å². The summed E-state index contributed by atoms with van der Waals surface area (Å²) in [6, 6.07) is 18.2. The van der Waals surface area contributed by atoms with Crippen LogP contribution in [-0.4, -0.2) is 24.9 Å². The third-order valence-corrected chi connectivity index (χ3v) is 5.21. The smallest absolute Gasteiger partial charge is 0.165 e. The van der Waals surface area contributed by atoms with Crippen LogP contribution in [0.2, 0.25) is 0 Å². The van der Waals surface area contributed by atoms with Crippen molar-refractivity contribution in [2.24, 2.45) is 0 Å². The van der Waals surface area contributed by atoms with Crippen LogP contribution in [0, 0.1) is 0 Å². The van der Waals surface area contributed by atoms with Gasteiger partial charge in [0.25, 0.3) is 0 Å². The molecule has 0 radical (unpaired) electrons. The van der Waals surface area contributed by atoms with E-state index in [1.54, 1.807) is 6.20 Å². The van der Waals surface area contributed by atoms with E-state index in [-0.39, 0.29) is 0 Å². The van der Waals surface area contributed by atoms with Crippen molar-refractivity contribution in [3.8, 4) is 33.8 Å². The van der Waals surface area contributed by atoms with Crippen LogP contribution >= 0.6 is 15.9 Å². The molecule has 0 atom stereocenters. The summed E-state index contributed by atoms with van der Waals surface area (Å²) in [5.41, 5.74) is 11.5. The van der Waals surface area contributed by atoms with Crippen molar-refractivity contribution < 1.29 is 0 Å². The minimum Gasteiger partial charge on any atom is -0.383 e. The summed E-state index contributed by atoms with van der Waals surface area (Å²) in [5.74, 6) is 1.25. The Morgan fingerprint density at radius 1 is 0.862 bits per heavy atom. The Bertz CT molecular complexity index is 1310. The first-order valence-corrected chi connectivity index (χ1v) is 9.76. The molecule has 2 aromatic carbocycles. The maximum Gasteiger partial charge on any atom is 0.165 e. The normalized spacial score (nSPS) is 11.1. The highest BCUT2D eigenvalue weighted by Crippen LogP contribution is 2.34. The van der Waals surface area contributed by atoms with E-state index in [2.05, 4.69) is 35.9 Å². The van der Waals surface area contributed by atoms with E-state index in [0.717, 1.165) is 43.6 Å². The highest BCUT2D eigenvalue weighted by atomic mass is 79.9. The van der Waals surface area contributed by atoms with Crippen molar-refractivity contribution in [2.45, 2.75) is 0 Å². The van der Waals surface area contributed by atoms with E-state index in [4.69, 9.17) is 10.7 Å². The van der Waals surface area contributed by atoms with Gasteiger partial charge in [-0.2, -0.15) is 0 Å². The number of imidazole rings is 1. The minimum atomic E-state index is 0.414. The summed E-state index contributed by atoms with van der Waals surface area (Å²) in [7, 11) is 0. The number of fused-ring (bicyclic) bond motifs is 1. The number of H-pyrrole nitrogens is 1. The number of nitrogen functional groups attached to an aromatic ring is 1. The Morgan fingerprint density at radius 2 is 1.69 bits per heavy atom. The van der Waals surface area contributed by atoms with E-state index in [1.807, 2.05) is 60.8 Å². The Kier molecular flexibility index (Phi) is 4.29. The first-order valence-electron chi connectivity index (χ1n) is 8.96. The van der Waals surface area contributed by atoms with Crippen LogP contribution in [0.4, 0.5) is 5.82 Å². The van der Waals surface area contributed by atoms with Gasteiger partial charge in [0, 0.05) is 28.0 Å². The number of aromatic amines is 1. The van der Waals surface area contributed by atoms with E-state index < -0.39 is 0 Å². The first kappa shape index (κ1) is 17.5. The molecule has 0 unspecified atom stereocenters. The topological polar surface area (TPSA) is 93.4 Å². The van der Waals surface area contributed by atoms with Gasteiger partial charge in [0.15, 0.2) is 5.65 Å². The third kappa shape index (κ3) is 3.25. The number of anilines is 1. The van der Waals surface area contributed by atoms with E-state index in [9.17, 15) is 0 Å². The Labute approximate surface area is 175 Å². The van der Waals surface area contributed by atoms with Gasteiger partial charge in [0.1, 0.15) is 18.0 Å². The summed E-state index contributed by atoms with van der Waals surface area (Å²) in [5, 5.41) is 0.751. The number of halogens is 1. The molecule has 0 amide bonds. The first-order chi connectivity index (χ1) is 14.2. The second kappa shape index (κ2) is 7.10. The number of pyridine rings is 1. The maximum atomic E-state index is 6.18. The molecule has 7 heteroatoms. The van der Waals surface area contributed by atoms with E-state index in [0.29, 0.717) is 11.5 Å². The van der Waals surface area contributed by atoms with Crippen LogP contribution in [0.1, 0.15) is 0 Å². The van der Waals surface area contributed by atoms with Crippen molar-refractivity contribution in [3.63, 3.8) is 0 Å². The van der Waals surface area contributed by atoms with Gasteiger partial charge in [-0.3, -0.25) is 0 Å². The second-order valence-electron chi connectivity index (χ2n) is 6.54. The van der Waals surface area contributed by atoms with Gasteiger partial charge in [-0.1, -0.05) is 52.3 Å². The summed E-state index contributed by atoms with van der Waals surface area (Å²) in [6.45, 7) is 0. The number of nitrogens with zero attached hydrogens (tertiary/aromatic N) is 4. The van der Waals surface area contributed by atoms with E-state index in [1.165, 1.54) is 6.33 Å². The quantitative estimate of drug-likeness (QED) is 0.405. The van der Waals surface area contributed by atoms with Crippen LogP contribution in [0.15, 0.2) is 77.8 Å². The molecule has 140 valence electrons. The summed E-state index contributed by atoms with van der Waals surface area (Å²) < 4.78 is 0.986. The lowest BCUT2D eigenvalue weighted by molar-refractivity contribution is 1.19. The van der Waals surface area contributed by atoms with Crippen LogP contribution in [0.5, 0.6) is 0 Å². The zero-order valence-corrected chi connectivity index (χ0v) is 16.8. The molecule has 0 aliphatic carbocycles. The largest absolute Gasteiger partial charge is 0.383 e. The summed E-state index contributed by atoms with van der Waals surface area (Å²) in [6.07, 6.45) is 4.99. The number of hydrogen-bond donors (Lipinski definition) is 2. The van der Waals surface area contributed by atoms with Gasteiger partial charge in [-0.05, 0) is 29.3 Å². The monoisotopic (exact) mass is 442 g/mol. The van der Waals surface area contributed by atoms with Gasteiger partial charge in [-0.25, -0.2) is 19.9 Å². The van der Waals surface area contributed by atoms with Crippen LogP contribution in [-0.2, 0) is 0 Å². The molecule has 0 spiro atoms. The highest BCUT2D eigenvalue weighted by Gasteiger charge is 2.14. The van der Waals surface area contributed by atoms with Gasteiger partial charge in [0.05, 0.1) is 11.1 Å². The van der Waals surface area contributed by atoms with Crippen LogP contribution < -0.4 is 5.73 Å². The van der Waals surface area contributed by atoms with Gasteiger partial charge in [0.2, 0.25) is 0 Å². The van der Waals surface area contributed by atoms with Crippen LogP contribution in [0.25, 0.3) is 44.8 Å². The molecular weight excluding hydrogens is 428 g/mol. The molecule has 5 rings (SSSR count). The lowest BCUT2D eigenvalue weighted by atomic mass is 9.99. The Balaban J connectivity index is 1.69. The summed E-state index contributed by atoms with van der Waals surface area (Å²) in [4.78, 5) is 20.7.